The van der Waals surface area contributed by atoms with Crippen molar-refractivity contribution < 1.29 is 9.21 Å². The first-order valence-corrected chi connectivity index (χ1v) is 10.2. The Labute approximate surface area is 184 Å². The topological polar surface area (TPSA) is 123 Å². The molecular weight excluding hydrogens is 447 g/mol. The third kappa shape index (κ3) is 3.80. The fourth-order valence-electron chi connectivity index (χ4n) is 2.78. The van der Waals surface area contributed by atoms with E-state index >= 15 is 0 Å². The van der Waals surface area contributed by atoms with Crippen LogP contribution < -0.4 is 11.2 Å². The number of anilines is 1. The molecule has 2 aromatic carbocycles. The monoisotopic (exact) mass is 458 g/mol. The van der Waals surface area contributed by atoms with Gasteiger partial charge in [0.05, 0.1) is 10.8 Å². The van der Waals surface area contributed by atoms with Gasteiger partial charge in [0.25, 0.3) is 0 Å². The van der Waals surface area contributed by atoms with Crippen molar-refractivity contribution in [3.8, 4) is 17.5 Å². The predicted molar refractivity (Wildman–Crippen MR) is 116 cm³/mol. The van der Waals surface area contributed by atoms with Crippen molar-refractivity contribution in [3.05, 3.63) is 58.3 Å². The highest BCUT2D eigenvalue weighted by atomic mass is 35.5. The maximum Gasteiger partial charge on any atom is 0.234 e. The Kier molecular flexibility index (Phi) is 5.55. The number of fused-ring (bicyclic) bond motifs is 1. The van der Waals surface area contributed by atoms with Crippen LogP contribution in [0.1, 0.15) is 5.76 Å². The number of nitrogens with two attached hydrogens (primary N) is 1. The first-order chi connectivity index (χ1) is 14.5. The van der Waals surface area contributed by atoms with E-state index < -0.39 is 0 Å². The summed E-state index contributed by atoms with van der Waals surface area (Å²) in [7, 11) is 0. The molecule has 0 aliphatic rings. The van der Waals surface area contributed by atoms with Crippen LogP contribution in [-0.4, -0.2) is 26.5 Å². The molecule has 0 fully saturated rings. The van der Waals surface area contributed by atoms with Crippen LogP contribution in [0, 0.1) is 11.3 Å². The number of nitrogen functional groups attached to an aromatic ring is 1. The molecule has 0 radical (unpaired) electrons. The van der Waals surface area contributed by atoms with Gasteiger partial charge in [-0.3, -0.25) is 4.79 Å². The standard InChI is InChI=1S/C19H12Cl2N6O2S/c20-10-5-6-11(13(21)7-10)18-25-26-19(27(18)23)30-9-16(28)24-17-12-3-1-2-4-14(12)29-15(17)8-22/h1-7H,9,23H2,(H,24,28). The van der Waals surface area contributed by atoms with Crippen LogP contribution in [0.2, 0.25) is 10.0 Å². The van der Waals surface area contributed by atoms with Crippen LogP contribution in [0.3, 0.4) is 0 Å². The molecule has 0 saturated carbocycles. The van der Waals surface area contributed by atoms with Crippen molar-refractivity contribution in [3.63, 3.8) is 0 Å². The van der Waals surface area contributed by atoms with Crippen LogP contribution >= 0.6 is 35.0 Å². The number of amides is 1. The number of carbonyl (C=O) groups is 1. The average molecular weight is 459 g/mol. The van der Waals surface area contributed by atoms with E-state index in [0.717, 1.165) is 11.8 Å². The highest BCUT2D eigenvalue weighted by Gasteiger charge is 2.19. The van der Waals surface area contributed by atoms with Crippen molar-refractivity contribution in [2.75, 3.05) is 16.9 Å². The molecule has 0 bridgehead atoms. The van der Waals surface area contributed by atoms with Gasteiger partial charge in [-0.1, -0.05) is 47.1 Å². The van der Waals surface area contributed by atoms with Gasteiger partial charge in [0.2, 0.25) is 16.8 Å². The number of furan rings is 1. The van der Waals surface area contributed by atoms with Gasteiger partial charge in [0.1, 0.15) is 17.3 Å². The van der Waals surface area contributed by atoms with Crippen molar-refractivity contribution >= 4 is 57.5 Å². The van der Waals surface area contributed by atoms with E-state index in [1.165, 1.54) is 4.68 Å². The molecule has 0 saturated heterocycles. The molecule has 0 spiro atoms. The number of para-hydroxylation sites is 1. The Hall–Kier alpha value is -3.19. The lowest BCUT2D eigenvalue weighted by atomic mass is 10.2. The minimum absolute atomic E-state index is 0.00589. The van der Waals surface area contributed by atoms with E-state index in [9.17, 15) is 10.1 Å². The minimum atomic E-state index is -0.350. The molecule has 0 aliphatic carbocycles. The molecule has 1 amide bonds. The molecule has 0 unspecified atom stereocenters. The number of nitriles is 1. The van der Waals surface area contributed by atoms with E-state index in [0.29, 0.717) is 43.2 Å². The van der Waals surface area contributed by atoms with E-state index in [1.807, 2.05) is 6.07 Å². The molecule has 2 heterocycles. The number of nitrogens with zero attached hydrogens (tertiary/aromatic N) is 4. The second kappa shape index (κ2) is 8.28. The zero-order chi connectivity index (χ0) is 21.3. The third-order valence-corrected chi connectivity index (χ3v) is 5.62. The number of carbonyl (C=O) groups excluding carboxylic acids is 1. The number of thioether (sulfide) groups is 1. The van der Waals surface area contributed by atoms with Crippen molar-refractivity contribution in [2.45, 2.75) is 5.16 Å². The van der Waals surface area contributed by atoms with Gasteiger partial charge in [0.15, 0.2) is 5.82 Å². The maximum absolute atomic E-state index is 12.5. The summed E-state index contributed by atoms with van der Waals surface area (Å²) in [4.78, 5) is 12.5. The summed E-state index contributed by atoms with van der Waals surface area (Å²) < 4.78 is 6.70. The van der Waals surface area contributed by atoms with Gasteiger partial charge in [-0.25, -0.2) is 4.68 Å². The summed E-state index contributed by atoms with van der Waals surface area (Å²) in [5.41, 5.74) is 1.42. The molecule has 3 N–H and O–H groups in total. The van der Waals surface area contributed by atoms with E-state index in [4.69, 9.17) is 33.5 Å². The van der Waals surface area contributed by atoms with Gasteiger partial charge in [-0.05, 0) is 30.3 Å². The molecule has 150 valence electrons. The summed E-state index contributed by atoms with van der Waals surface area (Å²) in [6.07, 6.45) is 0. The van der Waals surface area contributed by atoms with Gasteiger partial charge in [-0.15, -0.1) is 10.2 Å². The molecule has 4 aromatic rings. The lowest BCUT2D eigenvalue weighted by Gasteiger charge is -2.06. The Morgan fingerprint density at radius 2 is 2.07 bits per heavy atom. The van der Waals surface area contributed by atoms with Crippen molar-refractivity contribution in [2.24, 2.45) is 0 Å². The zero-order valence-electron chi connectivity index (χ0n) is 15.1. The number of halogens is 2. The maximum atomic E-state index is 12.5. The summed E-state index contributed by atoms with van der Waals surface area (Å²) in [6, 6.07) is 13.9. The van der Waals surface area contributed by atoms with Crippen LogP contribution in [0.4, 0.5) is 5.69 Å². The molecule has 0 aliphatic heterocycles. The molecule has 30 heavy (non-hydrogen) atoms. The lowest BCUT2D eigenvalue weighted by molar-refractivity contribution is -0.113. The Balaban J connectivity index is 1.49. The Morgan fingerprint density at radius 3 is 2.83 bits per heavy atom. The van der Waals surface area contributed by atoms with Crippen molar-refractivity contribution in [1.82, 2.24) is 14.9 Å². The van der Waals surface area contributed by atoms with Gasteiger partial charge in [0, 0.05) is 16.0 Å². The largest absolute Gasteiger partial charge is 0.443 e. The Morgan fingerprint density at radius 1 is 1.27 bits per heavy atom. The number of nitrogens with one attached hydrogen (secondary N) is 1. The summed E-state index contributed by atoms with van der Waals surface area (Å²) in [5.74, 6) is 6.10. The Bertz CT molecular complexity index is 1310. The molecule has 8 nitrogen and oxygen atoms in total. The van der Waals surface area contributed by atoms with Crippen LogP contribution in [-0.2, 0) is 4.79 Å². The number of rotatable bonds is 5. The molecule has 4 rings (SSSR count). The van der Waals surface area contributed by atoms with Crippen LogP contribution in [0.25, 0.3) is 22.4 Å². The molecule has 11 heteroatoms. The smallest absolute Gasteiger partial charge is 0.234 e. The van der Waals surface area contributed by atoms with Gasteiger partial charge < -0.3 is 15.6 Å². The predicted octanol–water partition coefficient (Wildman–Crippen LogP) is 4.31. The fourth-order valence-corrected chi connectivity index (χ4v) is 3.93. The van der Waals surface area contributed by atoms with Crippen LogP contribution in [0.5, 0.6) is 0 Å². The second-order valence-electron chi connectivity index (χ2n) is 6.05. The SMILES string of the molecule is N#Cc1oc2ccccc2c1NC(=O)CSc1nnc(-c2ccc(Cl)cc2Cl)n1N. The van der Waals surface area contributed by atoms with Crippen molar-refractivity contribution in [1.29, 1.82) is 5.26 Å². The number of aromatic nitrogens is 3. The van der Waals surface area contributed by atoms with E-state index in [1.54, 1.807) is 42.5 Å². The first kappa shape index (κ1) is 20.1. The van der Waals surface area contributed by atoms with Gasteiger partial charge in [-0.2, -0.15) is 5.26 Å². The molecular formula is C19H12Cl2N6O2S. The summed E-state index contributed by atoms with van der Waals surface area (Å²) in [6.45, 7) is 0. The highest BCUT2D eigenvalue weighted by molar-refractivity contribution is 7.99. The minimum Gasteiger partial charge on any atom is -0.443 e. The number of hydrogen-bond donors (Lipinski definition) is 2. The fraction of sp³-hybridized carbons (Fsp3) is 0.0526. The quantitative estimate of drug-likeness (QED) is 0.337. The zero-order valence-corrected chi connectivity index (χ0v) is 17.4. The average Bonchev–Trinajstić information content (AvgIpc) is 3.27. The van der Waals surface area contributed by atoms with E-state index in [2.05, 4.69) is 15.5 Å². The van der Waals surface area contributed by atoms with E-state index in [-0.39, 0.29) is 17.4 Å². The summed E-state index contributed by atoms with van der Waals surface area (Å²) in [5, 5.41) is 21.9. The highest BCUT2D eigenvalue weighted by Crippen LogP contribution is 2.32. The number of benzene rings is 2. The molecule has 0 atom stereocenters. The third-order valence-electron chi connectivity index (χ3n) is 4.13. The first-order valence-electron chi connectivity index (χ1n) is 8.48. The lowest BCUT2D eigenvalue weighted by Crippen LogP contribution is -2.16. The second-order valence-corrected chi connectivity index (χ2v) is 7.84. The van der Waals surface area contributed by atoms with Crippen LogP contribution in [0.15, 0.2) is 52.0 Å². The molecule has 2 aromatic heterocycles. The normalized spacial score (nSPS) is 10.8. The number of hydrogen-bond acceptors (Lipinski definition) is 7. The summed E-state index contributed by atoms with van der Waals surface area (Å²) >= 11 is 13.2. The van der Waals surface area contributed by atoms with Gasteiger partial charge >= 0.3 is 0 Å².